The molecule has 0 aromatic heterocycles. The van der Waals surface area contributed by atoms with Crippen LogP contribution >= 0.6 is 0 Å². The maximum Gasteiger partial charge on any atom is 0.127 e. The molecule has 0 radical (unpaired) electrons. The fraction of sp³-hybridized carbons (Fsp3) is 0.600. The van der Waals surface area contributed by atoms with E-state index in [1.54, 1.807) is 0 Å². The third kappa shape index (κ3) is 2.32. The lowest BCUT2D eigenvalue weighted by atomic mass is 9.95. The van der Waals surface area contributed by atoms with Crippen LogP contribution in [0.1, 0.15) is 42.9 Å². The van der Waals surface area contributed by atoms with Gasteiger partial charge >= 0.3 is 0 Å². The molecule has 92 valence electrons. The monoisotopic (exact) mass is 231 g/mol. The minimum atomic E-state index is 0.468. The largest absolute Gasteiger partial charge is 0.493 e. The summed E-state index contributed by atoms with van der Waals surface area (Å²) in [6.07, 6.45) is 6.41. The Bertz CT molecular complexity index is 398. The average Bonchev–Trinajstić information content (AvgIpc) is 3.19. The smallest absolute Gasteiger partial charge is 0.127 e. The van der Waals surface area contributed by atoms with Crippen molar-refractivity contribution in [1.82, 2.24) is 5.32 Å². The Morgan fingerprint density at radius 1 is 1.41 bits per heavy atom. The van der Waals surface area contributed by atoms with Crippen LogP contribution < -0.4 is 10.1 Å². The van der Waals surface area contributed by atoms with Crippen LogP contribution in [0.4, 0.5) is 0 Å². The molecule has 1 aromatic rings. The van der Waals surface area contributed by atoms with Gasteiger partial charge in [-0.1, -0.05) is 31.0 Å². The van der Waals surface area contributed by atoms with E-state index in [1.165, 1.54) is 42.6 Å². The number of hydrogen-bond acceptors (Lipinski definition) is 2. The van der Waals surface area contributed by atoms with E-state index in [-0.39, 0.29) is 0 Å². The summed E-state index contributed by atoms with van der Waals surface area (Å²) in [7, 11) is 2.06. The number of fused-ring (bicyclic) bond motifs is 1. The van der Waals surface area contributed by atoms with Crippen molar-refractivity contribution in [3.63, 3.8) is 0 Å². The minimum absolute atomic E-state index is 0.468. The lowest BCUT2D eigenvalue weighted by molar-refractivity contribution is 0.281. The first-order valence-corrected chi connectivity index (χ1v) is 6.80. The number of hydrogen-bond donors (Lipinski definition) is 1. The Labute approximate surface area is 103 Å². The van der Waals surface area contributed by atoms with Crippen molar-refractivity contribution in [1.29, 1.82) is 0 Å². The first kappa shape index (κ1) is 11.1. The lowest BCUT2D eigenvalue weighted by Gasteiger charge is -2.25. The normalized spacial score (nSPS) is 20.5. The second kappa shape index (κ2) is 4.69. The predicted octanol–water partition coefficient (Wildman–Crippen LogP) is 3.07. The molecule has 1 atom stereocenters. The zero-order valence-corrected chi connectivity index (χ0v) is 10.5. The van der Waals surface area contributed by atoms with Crippen molar-refractivity contribution in [2.45, 2.75) is 38.1 Å². The first-order chi connectivity index (χ1) is 8.38. The molecule has 1 fully saturated rings. The van der Waals surface area contributed by atoms with Gasteiger partial charge in [-0.15, -0.1) is 0 Å². The second-order valence-corrected chi connectivity index (χ2v) is 5.31. The Hall–Kier alpha value is -1.02. The zero-order valence-electron chi connectivity index (χ0n) is 10.5. The fourth-order valence-corrected chi connectivity index (χ4v) is 2.78. The van der Waals surface area contributed by atoms with E-state index in [1.807, 2.05) is 0 Å². The molecule has 1 aliphatic carbocycles. The van der Waals surface area contributed by atoms with Gasteiger partial charge in [0.15, 0.2) is 0 Å². The van der Waals surface area contributed by atoms with Crippen molar-refractivity contribution >= 4 is 0 Å². The van der Waals surface area contributed by atoms with E-state index in [2.05, 4.69) is 30.6 Å². The maximum absolute atomic E-state index is 5.90. The Morgan fingerprint density at radius 3 is 3.06 bits per heavy atom. The van der Waals surface area contributed by atoms with Crippen LogP contribution in [-0.2, 0) is 6.42 Å². The highest BCUT2D eigenvalue weighted by molar-refractivity contribution is 5.44. The average molecular weight is 231 g/mol. The Kier molecular flexibility index (Phi) is 3.06. The van der Waals surface area contributed by atoms with E-state index >= 15 is 0 Å². The molecule has 1 aromatic carbocycles. The number of ether oxygens (including phenoxy) is 1. The maximum atomic E-state index is 5.90. The van der Waals surface area contributed by atoms with Crippen molar-refractivity contribution in [3.8, 4) is 5.75 Å². The predicted molar refractivity (Wildman–Crippen MR) is 69.4 cm³/mol. The quantitative estimate of drug-likeness (QED) is 0.860. The summed E-state index contributed by atoms with van der Waals surface area (Å²) in [5.41, 5.74) is 2.77. The van der Waals surface area contributed by atoms with Gasteiger partial charge in [-0.2, -0.15) is 0 Å². The summed E-state index contributed by atoms with van der Waals surface area (Å²) in [5.74, 6) is 2.10. The highest BCUT2D eigenvalue weighted by Crippen LogP contribution is 2.41. The van der Waals surface area contributed by atoms with Gasteiger partial charge in [0.2, 0.25) is 0 Å². The summed E-state index contributed by atoms with van der Waals surface area (Å²) in [4.78, 5) is 0. The summed E-state index contributed by atoms with van der Waals surface area (Å²) in [6, 6.07) is 7.09. The molecule has 0 amide bonds. The van der Waals surface area contributed by atoms with E-state index in [4.69, 9.17) is 4.74 Å². The van der Waals surface area contributed by atoms with Crippen molar-refractivity contribution in [3.05, 3.63) is 29.3 Å². The van der Waals surface area contributed by atoms with E-state index in [0.717, 1.165) is 18.9 Å². The summed E-state index contributed by atoms with van der Waals surface area (Å²) in [5, 5.41) is 3.46. The van der Waals surface area contributed by atoms with Gasteiger partial charge in [-0.3, -0.25) is 0 Å². The highest BCUT2D eigenvalue weighted by Gasteiger charge is 2.28. The number of aryl methyl sites for hydroxylation is 1. The number of benzene rings is 1. The van der Waals surface area contributed by atoms with Gasteiger partial charge in [-0.25, -0.2) is 0 Å². The molecule has 1 unspecified atom stereocenters. The highest BCUT2D eigenvalue weighted by atomic mass is 16.5. The molecule has 17 heavy (non-hydrogen) atoms. The van der Waals surface area contributed by atoms with Gasteiger partial charge in [0.1, 0.15) is 5.75 Å². The molecule has 2 nitrogen and oxygen atoms in total. The molecule has 0 saturated heterocycles. The van der Waals surface area contributed by atoms with Crippen LogP contribution in [0, 0.1) is 5.92 Å². The first-order valence-electron chi connectivity index (χ1n) is 6.80. The summed E-state index contributed by atoms with van der Waals surface area (Å²) >= 11 is 0. The van der Waals surface area contributed by atoms with Crippen LogP contribution in [0.15, 0.2) is 18.2 Å². The number of rotatable bonds is 4. The SMILES string of the molecule is CNC(CC1CC1)c1cccc2c1OCCC2. The van der Waals surface area contributed by atoms with E-state index in [9.17, 15) is 0 Å². The number of nitrogens with one attached hydrogen (secondary N) is 1. The van der Waals surface area contributed by atoms with Gasteiger partial charge in [-0.05, 0) is 37.8 Å². The topological polar surface area (TPSA) is 21.3 Å². The zero-order chi connectivity index (χ0) is 11.7. The molecule has 1 aliphatic heterocycles. The molecule has 1 N–H and O–H groups in total. The third-order valence-electron chi connectivity index (χ3n) is 3.95. The van der Waals surface area contributed by atoms with Crippen LogP contribution in [0.2, 0.25) is 0 Å². The molecule has 1 heterocycles. The van der Waals surface area contributed by atoms with Gasteiger partial charge in [0.05, 0.1) is 6.61 Å². The molecular formula is C15H21NO. The molecule has 0 spiro atoms. The van der Waals surface area contributed by atoms with Crippen molar-refractivity contribution in [2.75, 3.05) is 13.7 Å². The van der Waals surface area contributed by atoms with Crippen LogP contribution in [0.25, 0.3) is 0 Å². The van der Waals surface area contributed by atoms with Gasteiger partial charge < -0.3 is 10.1 Å². The van der Waals surface area contributed by atoms with Crippen molar-refractivity contribution in [2.24, 2.45) is 5.92 Å². The molecular weight excluding hydrogens is 210 g/mol. The van der Waals surface area contributed by atoms with Crippen LogP contribution in [0.5, 0.6) is 5.75 Å². The minimum Gasteiger partial charge on any atom is -0.493 e. The fourth-order valence-electron chi connectivity index (χ4n) is 2.78. The molecule has 2 heteroatoms. The molecule has 3 rings (SSSR count). The third-order valence-corrected chi connectivity index (χ3v) is 3.95. The summed E-state index contributed by atoms with van der Waals surface area (Å²) in [6.45, 7) is 0.879. The van der Waals surface area contributed by atoms with Gasteiger partial charge in [0.25, 0.3) is 0 Å². The number of para-hydroxylation sites is 1. The second-order valence-electron chi connectivity index (χ2n) is 5.31. The molecule has 1 saturated carbocycles. The van der Waals surface area contributed by atoms with Crippen LogP contribution in [-0.4, -0.2) is 13.7 Å². The van der Waals surface area contributed by atoms with E-state index in [0.29, 0.717) is 6.04 Å². The lowest BCUT2D eigenvalue weighted by Crippen LogP contribution is -2.20. The standard InChI is InChI=1S/C15H21NO/c1-16-14(10-11-7-8-11)13-6-2-4-12-5-3-9-17-15(12)13/h2,4,6,11,14,16H,3,5,7-10H2,1H3. The van der Waals surface area contributed by atoms with Crippen LogP contribution in [0.3, 0.4) is 0 Å². The Morgan fingerprint density at radius 2 is 2.29 bits per heavy atom. The Balaban J connectivity index is 1.88. The van der Waals surface area contributed by atoms with Gasteiger partial charge in [0, 0.05) is 11.6 Å². The van der Waals surface area contributed by atoms with Crippen molar-refractivity contribution < 1.29 is 4.74 Å². The molecule has 2 aliphatic rings. The van der Waals surface area contributed by atoms with E-state index < -0.39 is 0 Å². The summed E-state index contributed by atoms with van der Waals surface area (Å²) < 4.78 is 5.90. The molecule has 0 bridgehead atoms.